The van der Waals surface area contributed by atoms with Crippen LogP contribution in [0.25, 0.3) is 0 Å². The van der Waals surface area contributed by atoms with Crippen molar-refractivity contribution in [3.63, 3.8) is 0 Å². The molecule has 0 saturated carbocycles. The molecule has 1 N–H and O–H groups in total. The quantitative estimate of drug-likeness (QED) is 0.814. The fraction of sp³-hybridized carbons (Fsp3) is 0.750. The molecule has 1 aromatic heterocycles. The third-order valence-corrected chi connectivity index (χ3v) is 4.05. The van der Waals surface area contributed by atoms with Crippen LogP contribution in [0.4, 0.5) is 5.95 Å². The molecular weight excluding hydrogens is 234 g/mol. The molecule has 17 heavy (non-hydrogen) atoms. The molecule has 0 fully saturated rings. The van der Waals surface area contributed by atoms with Crippen molar-refractivity contribution in [2.45, 2.75) is 39.0 Å². The van der Waals surface area contributed by atoms with E-state index in [4.69, 9.17) is 0 Å². The molecule has 2 unspecified atom stereocenters. The zero-order chi connectivity index (χ0) is 12.8. The number of imidazole rings is 1. The number of anilines is 1. The summed E-state index contributed by atoms with van der Waals surface area (Å²) in [5, 5.41) is 3.53. The Morgan fingerprint density at radius 1 is 1.47 bits per heavy atom. The van der Waals surface area contributed by atoms with Crippen LogP contribution in [0.1, 0.15) is 27.2 Å². The molecule has 1 heterocycles. The minimum atomic E-state index is -0.740. The lowest BCUT2D eigenvalue weighted by Gasteiger charge is -2.13. The van der Waals surface area contributed by atoms with Crippen LogP contribution in [0.3, 0.4) is 0 Å². The van der Waals surface area contributed by atoms with Gasteiger partial charge in [0.1, 0.15) is 0 Å². The van der Waals surface area contributed by atoms with Crippen LogP contribution in [0.2, 0.25) is 0 Å². The summed E-state index contributed by atoms with van der Waals surface area (Å²) in [5.74, 6) is 1.51. The van der Waals surface area contributed by atoms with Crippen LogP contribution in [-0.4, -0.2) is 31.8 Å². The first-order chi connectivity index (χ1) is 8.00. The molecule has 0 bridgehead atoms. The van der Waals surface area contributed by atoms with Gasteiger partial charge in [0.2, 0.25) is 5.95 Å². The van der Waals surface area contributed by atoms with E-state index in [-0.39, 0.29) is 5.25 Å². The Kier molecular flexibility index (Phi) is 5.68. The summed E-state index contributed by atoms with van der Waals surface area (Å²) in [7, 11) is -0.740. The molecule has 2 atom stereocenters. The molecule has 0 amide bonds. The van der Waals surface area contributed by atoms with Gasteiger partial charge in [-0.15, -0.1) is 0 Å². The van der Waals surface area contributed by atoms with Crippen molar-refractivity contribution < 1.29 is 4.21 Å². The monoisotopic (exact) mass is 257 g/mol. The molecular formula is C12H23N3OS. The van der Waals surface area contributed by atoms with Gasteiger partial charge in [-0.3, -0.25) is 4.21 Å². The Bertz CT molecular complexity index is 362. The average Bonchev–Trinajstić information content (AvgIpc) is 2.64. The summed E-state index contributed by atoms with van der Waals surface area (Å²) in [4.78, 5) is 4.29. The highest BCUT2D eigenvalue weighted by molar-refractivity contribution is 7.84. The third-order valence-electron chi connectivity index (χ3n) is 2.68. The highest BCUT2D eigenvalue weighted by atomic mass is 32.2. The fourth-order valence-electron chi connectivity index (χ4n) is 1.57. The zero-order valence-corrected chi connectivity index (χ0v) is 12.0. The Hall–Kier alpha value is -0.840. The Labute approximate surface area is 106 Å². The highest BCUT2D eigenvalue weighted by Gasteiger charge is 2.07. The van der Waals surface area contributed by atoms with E-state index in [1.165, 1.54) is 0 Å². The number of hydrogen-bond donors (Lipinski definition) is 1. The first-order valence-electron chi connectivity index (χ1n) is 6.08. The summed E-state index contributed by atoms with van der Waals surface area (Å²) in [6.07, 6.45) is 6.46. The summed E-state index contributed by atoms with van der Waals surface area (Å²) in [6, 6.07) is 0. The Balaban J connectivity index is 2.41. The number of hydrogen-bond acceptors (Lipinski definition) is 3. The molecule has 0 aliphatic heterocycles. The molecule has 0 aliphatic rings. The maximum atomic E-state index is 11.2. The van der Waals surface area contributed by atoms with Gasteiger partial charge >= 0.3 is 0 Å². The van der Waals surface area contributed by atoms with Crippen LogP contribution in [0.5, 0.6) is 0 Å². The molecule has 1 aromatic rings. The van der Waals surface area contributed by atoms with E-state index in [1.807, 2.05) is 19.3 Å². The van der Waals surface area contributed by atoms with Gasteiger partial charge < -0.3 is 9.88 Å². The second kappa shape index (κ2) is 6.79. The predicted octanol–water partition coefficient (Wildman–Crippen LogP) is 2.11. The van der Waals surface area contributed by atoms with Crippen molar-refractivity contribution in [2.75, 3.05) is 18.1 Å². The van der Waals surface area contributed by atoms with Crippen molar-refractivity contribution in [1.82, 2.24) is 9.55 Å². The van der Waals surface area contributed by atoms with Crippen molar-refractivity contribution in [2.24, 2.45) is 5.92 Å². The van der Waals surface area contributed by atoms with Crippen LogP contribution < -0.4 is 5.32 Å². The fourth-order valence-corrected chi connectivity index (χ4v) is 2.02. The minimum absolute atomic E-state index is 0.232. The molecule has 1 rings (SSSR count). The normalized spacial score (nSPS) is 14.9. The van der Waals surface area contributed by atoms with Gasteiger partial charge in [-0.2, -0.15) is 0 Å². The van der Waals surface area contributed by atoms with Crippen molar-refractivity contribution in [1.29, 1.82) is 0 Å². The summed E-state index contributed by atoms with van der Waals surface area (Å²) in [6.45, 7) is 8.17. The predicted molar refractivity (Wildman–Crippen MR) is 73.7 cm³/mol. The van der Waals surface area contributed by atoms with Crippen molar-refractivity contribution >= 4 is 16.7 Å². The molecule has 0 saturated heterocycles. The third kappa shape index (κ3) is 4.89. The van der Waals surface area contributed by atoms with Gasteiger partial charge in [0.25, 0.3) is 0 Å². The molecule has 98 valence electrons. The van der Waals surface area contributed by atoms with Crippen molar-refractivity contribution in [3.05, 3.63) is 12.4 Å². The molecule has 5 heteroatoms. The Morgan fingerprint density at radius 2 is 2.18 bits per heavy atom. The first-order valence-corrected chi connectivity index (χ1v) is 7.70. The van der Waals surface area contributed by atoms with Crippen LogP contribution in [-0.2, 0) is 17.3 Å². The standard InChI is InChI=1S/C12H23N3OS/c1-10(2)9-15-8-7-14-12(15)13-6-5-11(3)17(4)16/h7-8,10-11H,5-6,9H2,1-4H3,(H,13,14). The number of rotatable bonds is 7. The summed E-state index contributed by atoms with van der Waals surface area (Å²) < 4.78 is 13.3. The van der Waals surface area contributed by atoms with E-state index in [0.717, 1.165) is 25.5 Å². The minimum Gasteiger partial charge on any atom is -0.356 e. The average molecular weight is 257 g/mol. The number of nitrogens with zero attached hydrogens (tertiary/aromatic N) is 2. The molecule has 0 radical (unpaired) electrons. The van der Waals surface area contributed by atoms with Gasteiger partial charge in [0.05, 0.1) is 0 Å². The molecule has 0 aromatic carbocycles. The van der Waals surface area contributed by atoms with E-state index < -0.39 is 10.8 Å². The molecule has 0 aliphatic carbocycles. The second-order valence-corrected chi connectivity index (χ2v) is 6.62. The van der Waals surface area contributed by atoms with Crippen molar-refractivity contribution in [3.8, 4) is 0 Å². The summed E-state index contributed by atoms with van der Waals surface area (Å²) in [5.41, 5.74) is 0. The van der Waals surface area contributed by atoms with E-state index in [1.54, 1.807) is 6.26 Å². The van der Waals surface area contributed by atoms with Crippen LogP contribution in [0, 0.1) is 5.92 Å². The largest absolute Gasteiger partial charge is 0.356 e. The first kappa shape index (κ1) is 14.2. The second-order valence-electron chi connectivity index (χ2n) is 4.82. The lowest BCUT2D eigenvalue weighted by atomic mass is 10.2. The lowest BCUT2D eigenvalue weighted by molar-refractivity contribution is 0.526. The van der Waals surface area contributed by atoms with Crippen LogP contribution in [0.15, 0.2) is 12.4 Å². The van der Waals surface area contributed by atoms with Gasteiger partial charge in [-0.25, -0.2) is 4.98 Å². The topological polar surface area (TPSA) is 46.9 Å². The smallest absolute Gasteiger partial charge is 0.202 e. The van der Waals surface area contributed by atoms with E-state index in [9.17, 15) is 4.21 Å². The SMILES string of the molecule is CC(C)Cn1ccnc1NCCC(C)S(C)=O. The highest BCUT2D eigenvalue weighted by Crippen LogP contribution is 2.09. The Morgan fingerprint density at radius 3 is 2.76 bits per heavy atom. The molecule has 4 nitrogen and oxygen atoms in total. The maximum Gasteiger partial charge on any atom is 0.202 e. The zero-order valence-electron chi connectivity index (χ0n) is 11.1. The van der Waals surface area contributed by atoms with Gasteiger partial charge in [-0.05, 0) is 12.3 Å². The lowest BCUT2D eigenvalue weighted by Crippen LogP contribution is -2.17. The van der Waals surface area contributed by atoms with Gasteiger partial charge in [0, 0.05) is 47.8 Å². The maximum absolute atomic E-state index is 11.2. The van der Waals surface area contributed by atoms with Gasteiger partial charge in [-0.1, -0.05) is 20.8 Å². The van der Waals surface area contributed by atoms with Crippen LogP contribution >= 0.6 is 0 Å². The molecule has 0 spiro atoms. The van der Waals surface area contributed by atoms with E-state index in [2.05, 4.69) is 28.7 Å². The van der Waals surface area contributed by atoms with Gasteiger partial charge in [0.15, 0.2) is 0 Å². The van der Waals surface area contributed by atoms with E-state index >= 15 is 0 Å². The van der Waals surface area contributed by atoms with E-state index in [0.29, 0.717) is 5.92 Å². The summed E-state index contributed by atoms with van der Waals surface area (Å²) >= 11 is 0. The number of nitrogens with one attached hydrogen (secondary N) is 1. The number of aromatic nitrogens is 2.